The number of rotatable bonds is 3. The summed E-state index contributed by atoms with van der Waals surface area (Å²) in [7, 11) is 0. The van der Waals surface area contributed by atoms with E-state index in [1.54, 1.807) is 11.3 Å². The summed E-state index contributed by atoms with van der Waals surface area (Å²) in [6.07, 6.45) is 2.24. The molecule has 1 aromatic heterocycles. The summed E-state index contributed by atoms with van der Waals surface area (Å²) >= 11 is 7.33. The number of thiophene rings is 1. The number of halogens is 1. The highest BCUT2D eigenvalue weighted by Gasteiger charge is 1.90. The first-order valence-electron chi connectivity index (χ1n) is 3.02. The van der Waals surface area contributed by atoms with Gasteiger partial charge in [0.1, 0.15) is 0 Å². The summed E-state index contributed by atoms with van der Waals surface area (Å²) < 4.78 is 0. The number of hydrogen-bond donors (Lipinski definition) is 0. The molecule has 0 amide bonds. The fraction of sp³-hybridized carbons (Fsp3) is 0.429. The van der Waals surface area contributed by atoms with Gasteiger partial charge in [-0.3, -0.25) is 0 Å². The Morgan fingerprint density at radius 3 is 3.00 bits per heavy atom. The zero-order valence-corrected chi connectivity index (χ0v) is 6.71. The lowest BCUT2D eigenvalue weighted by Crippen LogP contribution is -1.79. The molecule has 0 saturated heterocycles. The van der Waals surface area contributed by atoms with E-state index in [1.807, 2.05) is 0 Å². The van der Waals surface area contributed by atoms with Gasteiger partial charge in [-0.15, -0.1) is 22.9 Å². The minimum Gasteiger partial charge on any atom is -0.149 e. The van der Waals surface area contributed by atoms with Gasteiger partial charge in [-0.25, -0.2) is 0 Å². The van der Waals surface area contributed by atoms with Crippen LogP contribution in [0.4, 0.5) is 0 Å². The SMILES string of the molecule is ClCCCc1cccs1. The topological polar surface area (TPSA) is 0 Å². The second kappa shape index (κ2) is 3.91. The van der Waals surface area contributed by atoms with Gasteiger partial charge in [-0.1, -0.05) is 6.07 Å². The second-order valence-corrected chi connectivity index (χ2v) is 3.28. The van der Waals surface area contributed by atoms with E-state index in [0.29, 0.717) is 0 Å². The van der Waals surface area contributed by atoms with Crippen LogP contribution >= 0.6 is 22.9 Å². The smallest absolute Gasteiger partial charge is 0.0226 e. The Morgan fingerprint density at radius 2 is 2.44 bits per heavy atom. The van der Waals surface area contributed by atoms with Crippen LogP contribution in [0, 0.1) is 0 Å². The molecular formula is C7H9ClS. The van der Waals surface area contributed by atoms with Crippen LogP contribution in [0.5, 0.6) is 0 Å². The third-order valence-corrected chi connectivity index (χ3v) is 2.34. The van der Waals surface area contributed by atoms with E-state index in [4.69, 9.17) is 11.6 Å². The Bertz CT molecular complexity index is 146. The van der Waals surface area contributed by atoms with Crippen molar-refractivity contribution < 1.29 is 0 Å². The van der Waals surface area contributed by atoms with Gasteiger partial charge in [-0.2, -0.15) is 0 Å². The predicted molar refractivity (Wildman–Crippen MR) is 43.4 cm³/mol. The molecule has 0 aliphatic heterocycles. The molecule has 0 nitrogen and oxygen atoms in total. The van der Waals surface area contributed by atoms with Crippen molar-refractivity contribution >= 4 is 22.9 Å². The van der Waals surface area contributed by atoms with E-state index in [-0.39, 0.29) is 0 Å². The number of hydrogen-bond acceptors (Lipinski definition) is 1. The normalized spacial score (nSPS) is 9.89. The largest absolute Gasteiger partial charge is 0.149 e. The van der Waals surface area contributed by atoms with Crippen molar-refractivity contribution in [2.24, 2.45) is 0 Å². The molecule has 9 heavy (non-hydrogen) atoms. The second-order valence-electron chi connectivity index (χ2n) is 1.87. The van der Waals surface area contributed by atoms with E-state index in [2.05, 4.69) is 17.5 Å². The van der Waals surface area contributed by atoms with Gasteiger partial charge >= 0.3 is 0 Å². The average Bonchev–Trinajstić information content (AvgIpc) is 2.34. The van der Waals surface area contributed by atoms with Gasteiger partial charge in [0.2, 0.25) is 0 Å². The molecule has 1 aromatic rings. The van der Waals surface area contributed by atoms with E-state index < -0.39 is 0 Å². The quantitative estimate of drug-likeness (QED) is 0.597. The van der Waals surface area contributed by atoms with E-state index in [0.717, 1.165) is 18.7 Å². The molecule has 2 heteroatoms. The van der Waals surface area contributed by atoms with Crippen LogP contribution in [0.2, 0.25) is 0 Å². The Labute approximate surface area is 64.5 Å². The third kappa shape index (κ3) is 2.37. The van der Waals surface area contributed by atoms with Gasteiger partial charge < -0.3 is 0 Å². The van der Waals surface area contributed by atoms with Gasteiger partial charge in [0.05, 0.1) is 0 Å². The summed E-state index contributed by atoms with van der Waals surface area (Å²) in [6.45, 7) is 0. The molecule has 0 spiro atoms. The van der Waals surface area contributed by atoms with Crippen molar-refractivity contribution in [3.8, 4) is 0 Å². The summed E-state index contributed by atoms with van der Waals surface area (Å²) in [5.74, 6) is 0.776. The lowest BCUT2D eigenvalue weighted by Gasteiger charge is -1.89. The highest BCUT2D eigenvalue weighted by Crippen LogP contribution is 2.10. The maximum absolute atomic E-state index is 5.52. The Morgan fingerprint density at radius 1 is 1.56 bits per heavy atom. The van der Waals surface area contributed by atoms with Crippen molar-refractivity contribution in [3.05, 3.63) is 22.4 Å². The molecule has 0 fully saturated rings. The Kier molecular flexibility index (Phi) is 3.09. The molecule has 0 atom stereocenters. The molecule has 0 N–H and O–H groups in total. The van der Waals surface area contributed by atoms with Crippen LogP contribution in [-0.4, -0.2) is 5.88 Å². The predicted octanol–water partition coefficient (Wildman–Crippen LogP) is 2.92. The summed E-state index contributed by atoms with van der Waals surface area (Å²) in [4.78, 5) is 1.44. The van der Waals surface area contributed by atoms with Crippen molar-refractivity contribution in [1.82, 2.24) is 0 Å². The van der Waals surface area contributed by atoms with Crippen molar-refractivity contribution in [2.75, 3.05) is 5.88 Å². The van der Waals surface area contributed by atoms with Crippen molar-refractivity contribution in [3.63, 3.8) is 0 Å². The van der Waals surface area contributed by atoms with E-state index >= 15 is 0 Å². The van der Waals surface area contributed by atoms with E-state index in [9.17, 15) is 0 Å². The van der Waals surface area contributed by atoms with E-state index in [1.165, 1.54) is 4.88 Å². The van der Waals surface area contributed by atoms with Gasteiger partial charge in [0.15, 0.2) is 0 Å². The fourth-order valence-corrected chi connectivity index (χ4v) is 1.58. The van der Waals surface area contributed by atoms with Gasteiger partial charge in [0.25, 0.3) is 0 Å². The third-order valence-electron chi connectivity index (χ3n) is 1.14. The molecule has 0 unspecified atom stereocenters. The fourth-order valence-electron chi connectivity index (χ4n) is 0.696. The monoisotopic (exact) mass is 160 g/mol. The first-order valence-corrected chi connectivity index (χ1v) is 4.43. The molecule has 50 valence electrons. The van der Waals surface area contributed by atoms with Gasteiger partial charge in [0, 0.05) is 10.8 Å². The standard InChI is InChI=1S/C7H9ClS/c8-5-1-3-7-4-2-6-9-7/h2,4,6H,1,3,5H2. The highest BCUT2D eigenvalue weighted by atomic mass is 35.5. The first kappa shape index (κ1) is 7.10. The molecule has 1 rings (SSSR count). The Hall–Kier alpha value is -0.0100. The lowest BCUT2D eigenvalue weighted by atomic mass is 10.3. The zero-order valence-electron chi connectivity index (χ0n) is 5.14. The molecule has 0 radical (unpaired) electrons. The number of aryl methyl sites for hydroxylation is 1. The average molecular weight is 161 g/mol. The van der Waals surface area contributed by atoms with Crippen LogP contribution in [0.3, 0.4) is 0 Å². The molecule has 0 bridgehead atoms. The highest BCUT2D eigenvalue weighted by molar-refractivity contribution is 7.09. The summed E-state index contributed by atoms with van der Waals surface area (Å²) in [6, 6.07) is 4.23. The van der Waals surface area contributed by atoms with Crippen LogP contribution in [0.1, 0.15) is 11.3 Å². The van der Waals surface area contributed by atoms with Gasteiger partial charge in [-0.05, 0) is 24.3 Å². The zero-order chi connectivity index (χ0) is 6.53. The first-order chi connectivity index (χ1) is 4.43. The summed E-state index contributed by atoms with van der Waals surface area (Å²) in [5.41, 5.74) is 0. The maximum atomic E-state index is 5.52. The van der Waals surface area contributed by atoms with Crippen LogP contribution in [0.25, 0.3) is 0 Å². The number of alkyl halides is 1. The minimum atomic E-state index is 0.776. The molecule has 0 aliphatic carbocycles. The Balaban J connectivity index is 2.30. The maximum Gasteiger partial charge on any atom is 0.0226 e. The molecule has 1 heterocycles. The molecular weight excluding hydrogens is 152 g/mol. The lowest BCUT2D eigenvalue weighted by molar-refractivity contribution is 0.947. The van der Waals surface area contributed by atoms with Crippen LogP contribution in [-0.2, 0) is 6.42 Å². The molecule has 0 aliphatic rings. The van der Waals surface area contributed by atoms with Crippen LogP contribution in [0.15, 0.2) is 17.5 Å². The van der Waals surface area contributed by atoms with Crippen LogP contribution < -0.4 is 0 Å². The summed E-state index contributed by atoms with van der Waals surface area (Å²) in [5, 5.41) is 2.10. The molecule has 0 aromatic carbocycles. The van der Waals surface area contributed by atoms with Crippen molar-refractivity contribution in [2.45, 2.75) is 12.8 Å². The molecule has 0 saturated carbocycles. The minimum absolute atomic E-state index is 0.776. The van der Waals surface area contributed by atoms with Crippen molar-refractivity contribution in [1.29, 1.82) is 0 Å².